The lowest BCUT2D eigenvalue weighted by Crippen LogP contribution is -2.02. The molecule has 3 aromatic rings. The molecule has 1 N–H and O–H groups in total. The molecule has 6 heteroatoms. The van der Waals surface area contributed by atoms with Gasteiger partial charge in [-0.2, -0.15) is 0 Å². The molecular weight excluding hydrogens is 411 g/mol. The van der Waals surface area contributed by atoms with E-state index in [1.54, 1.807) is 32.4 Å². The topological polar surface area (TPSA) is 65.0 Å². The SMILES string of the molecule is COc1cc(CC2=CCc3cc(F)cc(OCc4ccc(C(=O)O)cc4)c32)cc(OC)c1. The van der Waals surface area contributed by atoms with E-state index in [4.69, 9.17) is 19.3 Å². The molecule has 0 saturated heterocycles. The summed E-state index contributed by atoms with van der Waals surface area (Å²) in [6.45, 7) is 0.204. The summed E-state index contributed by atoms with van der Waals surface area (Å²) in [5.74, 6) is 0.556. The maximum absolute atomic E-state index is 14.2. The van der Waals surface area contributed by atoms with Crippen molar-refractivity contribution in [1.29, 1.82) is 0 Å². The Labute approximate surface area is 185 Å². The zero-order valence-electron chi connectivity index (χ0n) is 17.9. The highest BCUT2D eigenvalue weighted by molar-refractivity contribution is 5.87. The minimum Gasteiger partial charge on any atom is -0.497 e. The Morgan fingerprint density at radius 3 is 2.28 bits per heavy atom. The number of carbonyl (C=O) groups is 1. The highest BCUT2D eigenvalue weighted by Gasteiger charge is 2.21. The summed E-state index contributed by atoms with van der Waals surface area (Å²) >= 11 is 0. The maximum atomic E-state index is 14.2. The number of fused-ring (bicyclic) bond motifs is 1. The van der Waals surface area contributed by atoms with Crippen LogP contribution < -0.4 is 14.2 Å². The standard InChI is InChI=1S/C26H23FO5/c1-30-22-10-17(11-23(14-22)31-2)9-19-7-8-20-12-21(27)13-24(25(19)20)32-15-16-3-5-18(6-4-16)26(28)29/h3-7,10-14H,8-9,15H2,1-2H3,(H,28,29). The van der Waals surface area contributed by atoms with Crippen LogP contribution in [0.1, 0.15) is 32.6 Å². The van der Waals surface area contributed by atoms with Crippen molar-refractivity contribution in [3.05, 3.63) is 94.3 Å². The van der Waals surface area contributed by atoms with Gasteiger partial charge in [0, 0.05) is 17.7 Å². The van der Waals surface area contributed by atoms with E-state index in [1.165, 1.54) is 18.2 Å². The average molecular weight is 434 g/mol. The van der Waals surface area contributed by atoms with Crippen molar-refractivity contribution in [1.82, 2.24) is 0 Å². The monoisotopic (exact) mass is 434 g/mol. The highest BCUT2D eigenvalue weighted by Crippen LogP contribution is 2.39. The number of halogens is 1. The molecule has 0 aromatic heterocycles. The van der Waals surface area contributed by atoms with Gasteiger partial charge in [0.05, 0.1) is 19.8 Å². The van der Waals surface area contributed by atoms with Crippen molar-refractivity contribution in [2.45, 2.75) is 19.4 Å². The second kappa shape index (κ2) is 9.14. The second-order valence-corrected chi connectivity index (χ2v) is 7.56. The van der Waals surface area contributed by atoms with Gasteiger partial charge < -0.3 is 19.3 Å². The van der Waals surface area contributed by atoms with Crippen molar-refractivity contribution in [3.63, 3.8) is 0 Å². The smallest absolute Gasteiger partial charge is 0.335 e. The number of rotatable bonds is 8. The lowest BCUT2D eigenvalue weighted by atomic mass is 9.98. The first-order valence-corrected chi connectivity index (χ1v) is 10.2. The molecule has 0 saturated carbocycles. The summed E-state index contributed by atoms with van der Waals surface area (Å²) < 4.78 is 31.0. The second-order valence-electron chi connectivity index (χ2n) is 7.56. The fourth-order valence-electron chi connectivity index (χ4n) is 3.86. The summed E-state index contributed by atoms with van der Waals surface area (Å²) in [4.78, 5) is 11.0. The third-order valence-corrected chi connectivity index (χ3v) is 5.44. The fourth-order valence-corrected chi connectivity index (χ4v) is 3.86. The number of carboxylic acid groups (broad SMARTS) is 1. The Morgan fingerprint density at radius 2 is 1.66 bits per heavy atom. The van der Waals surface area contributed by atoms with E-state index >= 15 is 0 Å². The Balaban J connectivity index is 1.58. The normalized spacial score (nSPS) is 12.2. The minimum absolute atomic E-state index is 0.204. The summed E-state index contributed by atoms with van der Waals surface area (Å²) in [7, 11) is 3.22. The zero-order valence-corrected chi connectivity index (χ0v) is 17.9. The van der Waals surface area contributed by atoms with Gasteiger partial charge in [-0.1, -0.05) is 18.2 Å². The molecule has 0 heterocycles. The van der Waals surface area contributed by atoms with Gasteiger partial charge in [0.1, 0.15) is 29.7 Å². The quantitative estimate of drug-likeness (QED) is 0.521. The van der Waals surface area contributed by atoms with Gasteiger partial charge >= 0.3 is 5.97 Å². The summed E-state index contributed by atoms with van der Waals surface area (Å²) in [6.07, 6.45) is 3.34. The van der Waals surface area contributed by atoms with Gasteiger partial charge in [0.15, 0.2) is 0 Å². The van der Waals surface area contributed by atoms with Crippen molar-refractivity contribution >= 4 is 11.5 Å². The van der Waals surface area contributed by atoms with E-state index in [0.29, 0.717) is 30.1 Å². The number of carboxylic acids is 1. The highest BCUT2D eigenvalue weighted by atomic mass is 19.1. The van der Waals surface area contributed by atoms with Crippen LogP contribution in [0.2, 0.25) is 0 Å². The molecule has 0 radical (unpaired) electrons. The molecule has 5 nitrogen and oxygen atoms in total. The van der Waals surface area contributed by atoms with E-state index < -0.39 is 5.97 Å². The molecule has 4 rings (SSSR count). The van der Waals surface area contributed by atoms with Crippen molar-refractivity contribution < 1.29 is 28.5 Å². The molecule has 32 heavy (non-hydrogen) atoms. The molecule has 1 aliphatic carbocycles. The molecule has 0 spiro atoms. The van der Waals surface area contributed by atoms with Crippen molar-refractivity contribution in [2.24, 2.45) is 0 Å². The summed E-state index contributed by atoms with van der Waals surface area (Å²) in [5, 5.41) is 9.04. The van der Waals surface area contributed by atoms with Crippen LogP contribution in [0.3, 0.4) is 0 Å². The number of aromatic carboxylic acids is 1. The zero-order chi connectivity index (χ0) is 22.7. The Bertz CT molecular complexity index is 1160. The molecule has 164 valence electrons. The van der Waals surface area contributed by atoms with Crippen molar-refractivity contribution in [2.75, 3.05) is 14.2 Å². The van der Waals surface area contributed by atoms with E-state index in [9.17, 15) is 9.18 Å². The number of hydrogen-bond acceptors (Lipinski definition) is 4. The van der Waals surface area contributed by atoms with Crippen LogP contribution in [0.15, 0.2) is 60.7 Å². The minimum atomic E-state index is -0.982. The van der Waals surface area contributed by atoms with Gasteiger partial charge in [-0.05, 0) is 65.4 Å². The number of hydrogen-bond donors (Lipinski definition) is 1. The number of benzene rings is 3. The van der Waals surface area contributed by atoms with Crippen LogP contribution in [-0.4, -0.2) is 25.3 Å². The van der Waals surface area contributed by atoms with E-state index in [0.717, 1.165) is 27.8 Å². The number of allylic oxidation sites excluding steroid dienone is 2. The van der Waals surface area contributed by atoms with Gasteiger partial charge in [0.25, 0.3) is 0 Å². The van der Waals surface area contributed by atoms with Crippen LogP contribution in [0.5, 0.6) is 17.2 Å². The van der Waals surface area contributed by atoms with Crippen LogP contribution in [0, 0.1) is 5.82 Å². The van der Waals surface area contributed by atoms with Crippen LogP contribution >= 0.6 is 0 Å². The van der Waals surface area contributed by atoms with Crippen LogP contribution in [0.4, 0.5) is 4.39 Å². The Hall–Kier alpha value is -3.80. The molecular formula is C26H23FO5. The first-order chi connectivity index (χ1) is 15.5. The number of methoxy groups -OCH3 is 2. The molecule has 3 aromatic carbocycles. The molecule has 0 aliphatic heterocycles. The van der Waals surface area contributed by atoms with E-state index in [-0.39, 0.29) is 18.0 Å². The van der Waals surface area contributed by atoms with Crippen LogP contribution in [-0.2, 0) is 19.4 Å². The van der Waals surface area contributed by atoms with Crippen LogP contribution in [0.25, 0.3) is 5.57 Å². The molecule has 0 unspecified atom stereocenters. The molecule has 0 atom stereocenters. The predicted octanol–water partition coefficient (Wildman–Crippen LogP) is 5.30. The summed E-state index contributed by atoms with van der Waals surface area (Å²) in [5.41, 5.74) is 4.85. The van der Waals surface area contributed by atoms with Gasteiger partial charge in [0.2, 0.25) is 0 Å². The van der Waals surface area contributed by atoms with Gasteiger partial charge in [-0.15, -0.1) is 0 Å². The largest absolute Gasteiger partial charge is 0.497 e. The molecule has 0 fully saturated rings. The third-order valence-electron chi connectivity index (χ3n) is 5.44. The lowest BCUT2D eigenvalue weighted by molar-refractivity contribution is 0.0697. The lowest BCUT2D eigenvalue weighted by Gasteiger charge is -2.15. The average Bonchev–Trinajstić information content (AvgIpc) is 3.19. The fraction of sp³-hybridized carbons (Fsp3) is 0.192. The van der Waals surface area contributed by atoms with E-state index in [2.05, 4.69) is 6.08 Å². The predicted molar refractivity (Wildman–Crippen MR) is 119 cm³/mol. The Kier molecular flexibility index (Phi) is 6.12. The first-order valence-electron chi connectivity index (χ1n) is 10.2. The maximum Gasteiger partial charge on any atom is 0.335 e. The number of ether oxygens (including phenoxy) is 3. The third kappa shape index (κ3) is 4.59. The molecule has 0 bridgehead atoms. The van der Waals surface area contributed by atoms with Gasteiger partial charge in [-0.3, -0.25) is 0 Å². The first kappa shape index (κ1) is 21.4. The molecule has 1 aliphatic rings. The van der Waals surface area contributed by atoms with E-state index in [1.807, 2.05) is 18.2 Å². The summed E-state index contributed by atoms with van der Waals surface area (Å²) in [6, 6.07) is 15.1. The van der Waals surface area contributed by atoms with Crippen molar-refractivity contribution in [3.8, 4) is 17.2 Å². The van der Waals surface area contributed by atoms with Gasteiger partial charge in [-0.25, -0.2) is 9.18 Å². The molecule has 0 amide bonds. The Morgan fingerprint density at radius 1 is 0.969 bits per heavy atom.